The lowest BCUT2D eigenvalue weighted by Gasteiger charge is -2.34. The highest BCUT2D eigenvalue weighted by atomic mass is 28.3. The van der Waals surface area contributed by atoms with Gasteiger partial charge in [0, 0.05) is 32.8 Å². The third kappa shape index (κ3) is 4.06. The minimum atomic E-state index is -2.98. The Bertz CT molecular complexity index is 2480. The number of furan rings is 1. The van der Waals surface area contributed by atoms with E-state index in [1.807, 2.05) is 12.1 Å². The maximum Gasteiger partial charge on any atom is 0.184 e. The first-order valence-corrected chi connectivity index (χ1v) is 17.9. The Morgan fingerprint density at radius 2 is 1.00 bits per heavy atom. The van der Waals surface area contributed by atoms with Gasteiger partial charge in [-0.3, -0.25) is 0 Å². The van der Waals surface area contributed by atoms with E-state index in [1.54, 1.807) is 0 Å². The molecule has 2 aromatic heterocycles. The summed E-state index contributed by atoms with van der Waals surface area (Å²) in [6.07, 6.45) is 5.93. The SMILES string of the molecule is C#Cc1ccc2oc3c([Si](c4ccccc4)(c4ccccc4)c4ccccc4)cc(-n4c5ccccc5c5ccccc54)cc3c2c1. The molecule has 0 amide bonds. The number of terminal acetylenes is 1. The quantitative estimate of drug-likeness (QED) is 0.109. The average molecular weight is 616 g/mol. The van der Waals surface area contributed by atoms with Gasteiger partial charge in [0.2, 0.25) is 0 Å². The zero-order valence-corrected chi connectivity index (χ0v) is 26.6. The molecule has 0 atom stereocenters. The van der Waals surface area contributed by atoms with Crippen LogP contribution in [0.2, 0.25) is 0 Å². The Morgan fingerprint density at radius 1 is 0.489 bits per heavy atom. The van der Waals surface area contributed by atoms with Crippen LogP contribution in [0.4, 0.5) is 0 Å². The summed E-state index contributed by atoms with van der Waals surface area (Å²) in [5.74, 6) is 2.85. The van der Waals surface area contributed by atoms with Crippen molar-refractivity contribution in [3.63, 3.8) is 0 Å². The van der Waals surface area contributed by atoms with E-state index in [-0.39, 0.29) is 0 Å². The van der Waals surface area contributed by atoms with Crippen molar-refractivity contribution < 1.29 is 4.42 Å². The van der Waals surface area contributed by atoms with Crippen LogP contribution in [0.3, 0.4) is 0 Å². The minimum absolute atomic E-state index is 0.830. The summed E-state index contributed by atoms with van der Waals surface area (Å²) >= 11 is 0. The molecule has 0 radical (unpaired) electrons. The van der Waals surface area contributed by atoms with Crippen LogP contribution < -0.4 is 20.7 Å². The first-order chi connectivity index (χ1) is 23.3. The lowest BCUT2D eigenvalue weighted by atomic mass is 10.1. The van der Waals surface area contributed by atoms with Gasteiger partial charge in [-0.15, -0.1) is 6.42 Å². The van der Waals surface area contributed by atoms with Crippen LogP contribution in [0.15, 0.2) is 174 Å². The van der Waals surface area contributed by atoms with Gasteiger partial charge in [-0.05, 0) is 63.2 Å². The Labute approximate surface area is 274 Å². The smallest absolute Gasteiger partial charge is 0.184 e. The molecule has 0 aliphatic carbocycles. The Morgan fingerprint density at radius 3 is 1.53 bits per heavy atom. The van der Waals surface area contributed by atoms with Crippen molar-refractivity contribution in [2.45, 2.75) is 0 Å². The third-order valence-corrected chi connectivity index (χ3v) is 14.4. The first-order valence-electron chi connectivity index (χ1n) is 15.9. The standard InChI is InChI=1S/C44H29NOSi/c1-2-31-26-27-42-38(28-31)39-29-32(45-40-24-14-12-22-36(40)37-23-13-15-25-41(37)45)30-43(44(39)46-42)47(33-16-6-3-7-17-33,34-18-8-4-9-19-34)35-20-10-5-11-21-35/h1,3-30H. The predicted molar refractivity (Wildman–Crippen MR) is 200 cm³/mol. The van der Waals surface area contributed by atoms with Crippen molar-refractivity contribution in [2.24, 2.45) is 0 Å². The van der Waals surface area contributed by atoms with Crippen molar-refractivity contribution in [1.82, 2.24) is 4.57 Å². The topological polar surface area (TPSA) is 18.1 Å². The van der Waals surface area contributed by atoms with Crippen LogP contribution >= 0.6 is 0 Å². The summed E-state index contributed by atoms with van der Waals surface area (Å²) in [6.45, 7) is 0. The molecule has 0 unspecified atom stereocenters. The summed E-state index contributed by atoms with van der Waals surface area (Å²) < 4.78 is 9.37. The van der Waals surface area contributed by atoms with Gasteiger partial charge < -0.3 is 8.98 Å². The van der Waals surface area contributed by atoms with Gasteiger partial charge >= 0.3 is 0 Å². The molecule has 47 heavy (non-hydrogen) atoms. The van der Waals surface area contributed by atoms with E-state index in [2.05, 4.69) is 168 Å². The third-order valence-electron chi connectivity index (χ3n) is 9.58. The summed E-state index contributed by atoms with van der Waals surface area (Å²) in [7, 11) is -2.98. The number of hydrogen-bond acceptors (Lipinski definition) is 1. The second-order valence-electron chi connectivity index (χ2n) is 12.0. The molecule has 0 spiro atoms. The van der Waals surface area contributed by atoms with E-state index in [9.17, 15) is 0 Å². The van der Waals surface area contributed by atoms with E-state index in [0.717, 1.165) is 33.2 Å². The predicted octanol–water partition coefficient (Wildman–Crippen LogP) is 8.04. The molecule has 2 nitrogen and oxygen atoms in total. The molecular formula is C44H29NOSi. The summed E-state index contributed by atoms with van der Waals surface area (Å²) in [5, 5.41) is 9.63. The molecule has 2 heterocycles. The number of benzene rings is 7. The molecule has 9 aromatic rings. The molecule has 0 N–H and O–H groups in total. The highest BCUT2D eigenvalue weighted by Crippen LogP contribution is 2.36. The fourth-order valence-electron chi connectivity index (χ4n) is 7.59. The molecule has 0 aliphatic rings. The molecule has 3 heteroatoms. The number of nitrogens with zero attached hydrogens (tertiary/aromatic N) is 1. The summed E-state index contributed by atoms with van der Waals surface area (Å²) in [5.41, 5.74) is 6.00. The fraction of sp³-hybridized carbons (Fsp3) is 0. The van der Waals surface area contributed by atoms with Gasteiger partial charge in [0.15, 0.2) is 8.07 Å². The molecular weight excluding hydrogens is 587 g/mol. The number of para-hydroxylation sites is 2. The second-order valence-corrected chi connectivity index (χ2v) is 15.8. The van der Waals surface area contributed by atoms with Crippen LogP contribution in [-0.4, -0.2) is 12.6 Å². The van der Waals surface area contributed by atoms with Crippen LogP contribution in [0.25, 0.3) is 49.4 Å². The molecule has 220 valence electrons. The summed E-state index contributed by atoms with van der Waals surface area (Å²) in [4.78, 5) is 0. The van der Waals surface area contributed by atoms with E-state index in [4.69, 9.17) is 10.8 Å². The molecule has 9 rings (SSSR count). The average Bonchev–Trinajstić information content (AvgIpc) is 3.69. The molecule has 0 fully saturated rings. The van der Waals surface area contributed by atoms with Crippen LogP contribution in [0.1, 0.15) is 5.56 Å². The minimum Gasteiger partial charge on any atom is -0.456 e. The monoisotopic (exact) mass is 615 g/mol. The molecule has 0 aliphatic heterocycles. The van der Waals surface area contributed by atoms with E-state index < -0.39 is 8.07 Å². The molecule has 0 bridgehead atoms. The van der Waals surface area contributed by atoms with Gasteiger partial charge in [0.25, 0.3) is 0 Å². The Kier molecular flexibility index (Phi) is 6.24. The van der Waals surface area contributed by atoms with Crippen LogP contribution in [-0.2, 0) is 0 Å². The summed E-state index contributed by atoms with van der Waals surface area (Å²) in [6, 6.07) is 61.2. The zero-order chi connectivity index (χ0) is 31.4. The van der Waals surface area contributed by atoms with Gasteiger partial charge in [-0.2, -0.15) is 0 Å². The maximum absolute atomic E-state index is 6.96. The van der Waals surface area contributed by atoms with Gasteiger partial charge in [-0.1, -0.05) is 133 Å². The van der Waals surface area contributed by atoms with E-state index in [1.165, 1.54) is 42.6 Å². The first kappa shape index (κ1) is 27.2. The molecule has 0 saturated heterocycles. The maximum atomic E-state index is 6.96. The van der Waals surface area contributed by atoms with E-state index in [0.29, 0.717) is 0 Å². The van der Waals surface area contributed by atoms with Gasteiger partial charge in [-0.25, -0.2) is 0 Å². The second kappa shape index (κ2) is 10.8. The Hall–Kier alpha value is -6.08. The van der Waals surface area contributed by atoms with Gasteiger partial charge in [0.05, 0.1) is 11.0 Å². The highest BCUT2D eigenvalue weighted by Gasteiger charge is 2.44. The number of aromatic nitrogens is 1. The zero-order valence-electron chi connectivity index (χ0n) is 25.6. The number of rotatable bonds is 5. The number of hydrogen-bond donors (Lipinski definition) is 0. The lowest BCUT2D eigenvalue weighted by molar-refractivity contribution is 0.671. The Balaban J connectivity index is 1.52. The van der Waals surface area contributed by atoms with Crippen molar-refractivity contribution in [3.8, 4) is 18.0 Å². The van der Waals surface area contributed by atoms with Gasteiger partial charge in [0.1, 0.15) is 11.2 Å². The van der Waals surface area contributed by atoms with Crippen LogP contribution in [0, 0.1) is 12.3 Å². The van der Waals surface area contributed by atoms with Crippen molar-refractivity contribution in [1.29, 1.82) is 0 Å². The van der Waals surface area contributed by atoms with Crippen LogP contribution in [0.5, 0.6) is 0 Å². The van der Waals surface area contributed by atoms with Crippen molar-refractivity contribution in [2.75, 3.05) is 0 Å². The molecule has 7 aromatic carbocycles. The van der Waals surface area contributed by atoms with E-state index >= 15 is 0 Å². The largest absolute Gasteiger partial charge is 0.456 e. The van der Waals surface area contributed by atoms with Crippen molar-refractivity contribution >= 4 is 72.6 Å². The lowest BCUT2D eigenvalue weighted by Crippen LogP contribution is -2.74. The normalized spacial score (nSPS) is 11.8. The van der Waals surface area contributed by atoms with Crippen molar-refractivity contribution in [3.05, 3.63) is 175 Å². The highest BCUT2D eigenvalue weighted by molar-refractivity contribution is 7.20. The fourth-order valence-corrected chi connectivity index (χ4v) is 12.5. The molecule has 0 saturated carbocycles. The number of fused-ring (bicyclic) bond motifs is 6.